The summed E-state index contributed by atoms with van der Waals surface area (Å²) in [5, 5.41) is 9.22. The van der Waals surface area contributed by atoms with E-state index in [0.29, 0.717) is 10.9 Å². The predicted molar refractivity (Wildman–Crippen MR) is 76.7 cm³/mol. The third-order valence-electron chi connectivity index (χ3n) is 3.20. The number of aromatic amines is 1. The molecule has 114 valence electrons. The van der Waals surface area contributed by atoms with Crippen LogP contribution < -0.4 is 0 Å². The number of nitriles is 1. The summed E-state index contributed by atoms with van der Waals surface area (Å²) in [5.41, 5.74) is 0.584. The number of halogens is 1. The van der Waals surface area contributed by atoms with Gasteiger partial charge in [0.15, 0.2) is 0 Å². The molecule has 0 bridgehead atoms. The van der Waals surface area contributed by atoms with Crippen LogP contribution in [0.25, 0.3) is 10.9 Å². The average Bonchev–Trinajstić information content (AvgIpc) is 2.92. The fourth-order valence-electron chi connectivity index (χ4n) is 2.08. The van der Waals surface area contributed by atoms with Gasteiger partial charge in [-0.3, -0.25) is 9.59 Å². The van der Waals surface area contributed by atoms with Crippen LogP contribution in [0.15, 0.2) is 24.4 Å². The lowest BCUT2D eigenvalue weighted by molar-refractivity contribution is -0.126. The number of benzene rings is 1. The summed E-state index contributed by atoms with van der Waals surface area (Å²) >= 11 is 0. The van der Waals surface area contributed by atoms with Crippen molar-refractivity contribution in [2.75, 3.05) is 26.8 Å². The topological polar surface area (TPSA) is 86.2 Å². The number of amides is 1. The number of rotatable bonds is 6. The molecule has 0 saturated heterocycles. The Morgan fingerprint density at radius 2 is 2.23 bits per heavy atom. The molecule has 0 aliphatic rings. The second kappa shape index (κ2) is 6.83. The summed E-state index contributed by atoms with van der Waals surface area (Å²) < 4.78 is 18.0. The van der Waals surface area contributed by atoms with Crippen molar-refractivity contribution in [1.29, 1.82) is 5.26 Å². The molecule has 1 heterocycles. The van der Waals surface area contributed by atoms with Crippen LogP contribution in [0, 0.1) is 17.1 Å². The van der Waals surface area contributed by atoms with Crippen molar-refractivity contribution in [3.63, 3.8) is 0 Å². The summed E-state index contributed by atoms with van der Waals surface area (Å²) in [6.07, 6.45) is 1.37. The maximum atomic E-state index is 13.1. The summed E-state index contributed by atoms with van der Waals surface area (Å²) in [4.78, 5) is 28.4. The number of H-pyrrole nitrogens is 1. The maximum Gasteiger partial charge on any atom is 0.295 e. The minimum absolute atomic E-state index is 0.144. The molecule has 2 aromatic rings. The summed E-state index contributed by atoms with van der Waals surface area (Å²) in [5.74, 6) is -1.97. The molecule has 0 unspecified atom stereocenters. The van der Waals surface area contributed by atoms with Gasteiger partial charge in [-0.25, -0.2) is 4.39 Å². The Morgan fingerprint density at radius 1 is 1.45 bits per heavy atom. The minimum Gasteiger partial charge on any atom is -0.383 e. The molecule has 0 radical (unpaired) electrons. The lowest BCUT2D eigenvalue weighted by Crippen LogP contribution is -2.39. The number of fused-ring (bicyclic) bond motifs is 1. The number of ketones is 1. The van der Waals surface area contributed by atoms with Crippen molar-refractivity contribution in [3.8, 4) is 6.07 Å². The summed E-state index contributed by atoms with van der Waals surface area (Å²) in [6.45, 7) is 0.163. The smallest absolute Gasteiger partial charge is 0.295 e. The van der Waals surface area contributed by atoms with Gasteiger partial charge in [0.1, 0.15) is 12.4 Å². The molecule has 1 aromatic heterocycles. The van der Waals surface area contributed by atoms with Crippen molar-refractivity contribution in [3.05, 3.63) is 35.8 Å². The van der Waals surface area contributed by atoms with Gasteiger partial charge in [0, 0.05) is 30.8 Å². The molecular formula is C15H14FN3O3. The molecule has 1 aromatic carbocycles. The van der Waals surface area contributed by atoms with Crippen molar-refractivity contribution in [2.45, 2.75) is 0 Å². The Labute approximate surface area is 126 Å². The molecule has 1 amide bonds. The van der Waals surface area contributed by atoms with E-state index in [2.05, 4.69) is 4.98 Å². The highest BCUT2D eigenvalue weighted by atomic mass is 19.1. The van der Waals surface area contributed by atoms with E-state index in [4.69, 9.17) is 10.00 Å². The van der Waals surface area contributed by atoms with Gasteiger partial charge in [0.05, 0.1) is 18.2 Å². The summed E-state index contributed by atoms with van der Waals surface area (Å²) in [6, 6.07) is 5.74. The Kier molecular flexibility index (Phi) is 4.86. The molecule has 0 saturated carbocycles. The number of aromatic nitrogens is 1. The van der Waals surface area contributed by atoms with Crippen LogP contribution in [0.2, 0.25) is 0 Å². The number of ether oxygens (including phenoxy) is 1. The van der Waals surface area contributed by atoms with E-state index >= 15 is 0 Å². The first-order valence-electron chi connectivity index (χ1n) is 6.54. The van der Waals surface area contributed by atoms with E-state index in [0.717, 1.165) is 4.90 Å². The molecule has 0 fully saturated rings. The molecule has 0 aliphatic carbocycles. The normalized spacial score (nSPS) is 10.4. The van der Waals surface area contributed by atoms with Crippen molar-refractivity contribution < 1.29 is 18.7 Å². The first-order chi connectivity index (χ1) is 10.6. The van der Waals surface area contributed by atoms with Crippen LogP contribution in [-0.2, 0) is 9.53 Å². The zero-order chi connectivity index (χ0) is 16.1. The van der Waals surface area contributed by atoms with Crippen molar-refractivity contribution >= 4 is 22.6 Å². The number of nitrogens with zero attached hydrogens (tertiary/aromatic N) is 2. The van der Waals surface area contributed by atoms with E-state index in [1.165, 1.54) is 31.5 Å². The van der Waals surface area contributed by atoms with Crippen LogP contribution in [0.3, 0.4) is 0 Å². The van der Waals surface area contributed by atoms with Gasteiger partial charge >= 0.3 is 0 Å². The monoisotopic (exact) mass is 303 g/mol. The molecule has 0 atom stereocenters. The van der Waals surface area contributed by atoms with Gasteiger partial charge in [-0.15, -0.1) is 0 Å². The third kappa shape index (κ3) is 3.13. The highest BCUT2D eigenvalue weighted by Crippen LogP contribution is 2.20. The molecule has 22 heavy (non-hydrogen) atoms. The van der Waals surface area contributed by atoms with Gasteiger partial charge in [-0.05, 0) is 18.2 Å². The predicted octanol–water partition coefficient (Wildman–Crippen LogP) is 1.49. The SMILES string of the molecule is COCCN(CC#N)C(=O)C(=O)c1c[nH]c2cc(F)ccc12. The number of nitrogens with one attached hydrogen (secondary N) is 1. The number of hydrogen-bond donors (Lipinski definition) is 1. The Morgan fingerprint density at radius 3 is 2.91 bits per heavy atom. The third-order valence-corrected chi connectivity index (χ3v) is 3.20. The molecular weight excluding hydrogens is 289 g/mol. The highest BCUT2D eigenvalue weighted by Gasteiger charge is 2.25. The van der Waals surface area contributed by atoms with Crippen LogP contribution in [-0.4, -0.2) is 48.4 Å². The largest absolute Gasteiger partial charge is 0.383 e. The summed E-state index contributed by atoms with van der Waals surface area (Å²) in [7, 11) is 1.46. The van der Waals surface area contributed by atoms with Gasteiger partial charge in [-0.2, -0.15) is 5.26 Å². The molecule has 0 aliphatic heterocycles. The Balaban J connectivity index is 2.28. The number of hydrogen-bond acceptors (Lipinski definition) is 4. The van der Waals surface area contributed by atoms with Crippen molar-refractivity contribution in [1.82, 2.24) is 9.88 Å². The number of carbonyl (C=O) groups is 2. The second-order valence-corrected chi connectivity index (χ2v) is 4.60. The zero-order valence-electron chi connectivity index (χ0n) is 11.9. The highest BCUT2D eigenvalue weighted by molar-refractivity contribution is 6.44. The van der Waals surface area contributed by atoms with E-state index in [1.54, 1.807) is 0 Å². The van der Waals surface area contributed by atoms with E-state index in [9.17, 15) is 14.0 Å². The minimum atomic E-state index is -0.788. The first kappa shape index (κ1) is 15.7. The molecule has 0 spiro atoms. The molecule has 2 rings (SSSR count). The standard InChI is InChI=1S/C15H14FN3O3/c1-22-7-6-19(5-4-17)15(21)14(20)12-9-18-13-8-10(16)2-3-11(12)13/h2-3,8-9,18H,5-7H2,1H3. The van der Waals surface area contributed by atoms with Gasteiger partial charge in [0.2, 0.25) is 0 Å². The fraction of sp³-hybridized carbons (Fsp3) is 0.267. The number of methoxy groups -OCH3 is 1. The average molecular weight is 303 g/mol. The number of carbonyl (C=O) groups excluding carboxylic acids is 2. The quantitative estimate of drug-likeness (QED) is 0.497. The van der Waals surface area contributed by atoms with Crippen LogP contribution in [0.1, 0.15) is 10.4 Å². The lowest BCUT2D eigenvalue weighted by atomic mass is 10.1. The van der Waals surface area contributed by atoms with E-state index in [1.807, 2.05) is 6.07 Å². The fourth-order valence-corrected chi connectivity index (χ4v) is 2.08. The van der Waals surface area contributed by atoms with Crippen LogP contribution >= 0.6 is 0 Å². The first-order valence-corrected chi connectivity index (χ1v) is 6.54. The van der Waals surface area contributed by atoms with Crippen LogP contribution in [0.4, 0.5) is 4.39 Å². The van der Waals surface area contributed by atoms with Crippen LogP contribution in [0.5, 0.6) is 0 Å². The molecule has 6 nitrogen and oxygen atoms in total. The second-order valence-electron chi connectivity index (χ2n) is 4.60. The maximum absolute atomic E-state index is 13.1. The van der Waals surface area contributed by atoms with Gasteiger partial charge in [-0.1, -0.05) is 0 Å². The zero-order valence-corrected chi connectivity index (χ0v) is 11.9. The number of Topliss-reactive ketones (excluding diaryl/α,β-unsaturated/α-hetero) is 1. The van der Waals surface area contributed by atoms with Crippen molar-refractivity contribution in [2.24, 2.45) is 0 Å². The Hall–Kier alpha value is -2.72. The lowest BCUT2D eigenvalue weighted by Gasteiger charge is -2.17. The van der Waals surface area contributed by atoms with Gasteiger partial charge in [0.25, 0.3) is 11.7 Å². The molecule has 1 N–H and O–H groups in total. The Bertz CT molecular complexity index is 748. The van der Waals surface area contributed by atoms with E-state index in [-0.39, 0.29) is 25.3 Å². The van der Waals surface area contributed by atoms with Gasteiger partial charge < -0.3 is 14.6 Å². The molecule has 7 heteroatoms. The van der Waals surface area contributed by atoms with E-state index < -0.39 is 17.5 Å².